The number of hydrogen-bond donors (Lipinski definition) is 2. The van der Waals surface area contributed by atoms with Crippen LogP contribution in [0.15, 0.2) is 30.3 Å². The van der Waals surface area contributed by atoms with Gasteiger partial charge < -0.3 is 14.3 Å². The summed E-state index contributed by atoms with van der Waals surface area (Å²) in [4.78, 5) is 18.2. The molecule has 0 radical (unpaired) electrons. The van der Waals surface area contributed by atoms with Gasteiger partial charge in [-0.1, -0.05) is 76.3 Å². The molecule has 1 atom stereocenters. The van der Waals surface area contributed by atoms with E-state index < -0.39 is 8.60 Å². The SMILES string of the molecule is CC(C)CCCCCCC(OP(O)O)c1ccccc1. The fourth-order valence-corrected chi connectivity index (χ4v) is 2.75. The van der Waals surface area contributed by atoms with Gasteiger partial charge in [-0.3, -0.25) is 0 Å². The van der Waals surface area contributed by atoms with Crippen molar-refractivity contribution in [1.29, 1.82) is 0 Å². The average Bonchev–Trinajstić information content (AvgIpc) is 2.41. The second kappa shape index (κ2) is 10.3. The van der Waals surface area contributed by atoms with Gasteiger partial charge in [0.15, 0.2) is 0 Å². The first-order chi connectivity index (χ1) is 9.59. The lowest BCUT2D eigenvalue weighted by atomic mass is 10.0. The summed E-state index contributed by atoms with van der Waals surface area (Å²) >= 11 is 0. The highest BCUT2D eigenvalue weighted by molar-refractivity contribution is 7.39. The van der Waals surface area contributed by atoms with Crippen LogP contribution in [0.2, 0.25) is 0 Å². The van der Waals surface area contributed by atoms with Gasteiger partial charge in [0, 0.05) is 0 Å². The second-order valence-corrected chi connectivity index (χ2v) is 6.36. The van der Waals surface area contributed by atoms with Crippen LogP contribution in [0.25, 0.3) is 0 Å². The predicted octanol–water partition coefficient (Wildman–Crippen LogP) is 4.95. The molecular weight excluding hydrogens is 271 g/mol. The summed E-state index contributed by atoms with van der Waals surface area (Å²) in [6.45, 7) is 4.51. The van der Waals surface area contributed by atoms with Gasteiger partial charge in [0.05, 0.1) is 6.10 Å². The fraction of sp³-hybridized carbons (Fsp3) is 0.625. The number of unbranched alkanes of at least 4 members (excludes halogenated alkanes) is 3. The summed E-state index contributed by atoms with van der Waals surface area (Å²) in [5.41, 5.74) is 1.02. The highest BCUT2D eigenvalue weighted by atomic mass is 31.2. The van der Waals surface area contributed by atoms with E-state index in [1.807, 2.05) is 30.3 Å². The third kappa shape index (κ3) is 7.96. The quantitative estimate of drug-likeness (QED) is 0.474. The van der Waals surface area contributed by atoms with Crippen molar-refractivity contribution in [1.82, 2.24) is 0 Å². The molecule has 1 aromatic rings. The van der Waals surface area contributed by atoms with Gasteiger partial charge in [-0.05, 0) is 17.9 Å². The maximum absolute atomic E-state index is 9.08. The lowest BCUT2D eigenvalue weighted by molar-refractivity contribution is 0.160. The van der Waals surface area contributed by atoms with Gasteiger partial charge in [0.2, 0.25) is 0 Å². The molecule has 1 aromatic carbocycles. The van der Waals surface area contributed by atoms with Crippen molar-refractivity contribution in [2.45, 2.75) is 58.5 Å². The monoisotopic (exact) mass is 298 g/mol. The Kier molecular flexibility index (Phi) is 9.04. The molecule has 0 aliphatic carbocycles. The highest BCUT2D eigenvalue weighted by Gasteiger charge is 2.15. The molecule has 0 aromatic heterocycles. The molecule has 0 fully saturated rings. The van der Waals surface area contributed by atoms with Crippen molar-refractivity contribution in [3.05, 3.63) is 35.9 Å². The van der Waals surface area contributed by atoms with Crippen molar-refractivity contribution in [2.24, 2.45) is 5.92 Å². The van der Waals surface area contributed by atoms with Crippen molar-refractivity contribution < 1.29 is 14.3 Å². The molecule has 0 spiro atoms. The molecule has 4 heteroatoms. The van der Waals surface area contributed by atoms with Crippen LogP contribution in [-0.2, 0) is 4.52 Å². The summed E-state index contributed by atoms with van der Waals surface area (Å²) in [5.74, 6) is 0.780. The van der Waals surface area contributed by atoms with Crippen LogP contribution in [0.4, 0.5) is 0 Å². The summed E-state index contributed by atoms with van der Waals surface area (Å²) in [6, 6.07) is 9.80. The molecule has 2 N–H and O–H groups in total. The van der Waals surface area contributed by atoms with Gasteiger partial charge in [-0.15, -0.1) is 0 Å². The van der Waals surface area contributed by atoms with E-state index in [-0.39, 0.29) is 6.10 Å². The zero-order chi connectivity index (χ0) is 14.8. The second-order valence-electron chi connectivity index (χ2n) is 5.64. The Balaban J connectivity index is 2.31. The molecule has 1 unspecified atom stereocenters. The van der Waals surface area contributed by atoms with Crippen LogP contribution in [0, 0.1) is 5.92 Å². The van der Waals surface area contributed by atoms with Crippen molar-refractivity contribution in [2.75, 3.05) is 0 Å². The topological polar surface area (TPSA) is 49.7 Å². The lowest BCUT2D eigenvalue weighted by Crippen LogP contribution is -2.01. The van der Waals surface area contributed by atoms with Crippen LogP contribution in [0.5, 0.6) is 0 Å². The van der Waals surface area contributed by atoms with E-state index >= 15 is 0 Å². The van der Waals surface area contributed by atoms with Crippen molar-refractivity contribution in [3.8, 4) is 0 Å². The largest absolute Gasteiger partial charge is 0.328 e. The van der Waals surface area contributed by atoms with Crippen LogP contribution in [0.3, 0.4) is 0 Å². The van der Waals surface area contributed by atoms with E-state index in [4.69, 9.17) is 14.3 Å². The minimum atomic E-state index is -2.30. The van der Waals surface area contributed by atoms with Gasteiger partial charge in [0.1, 0.15) is 0 Å². The average molecular weight is 298 g/mol. The third-order valence-corrected chi connectivity index (χ3v) is 3.83. The van der Waals surface area contributed by atoms with E-state index in [1.165, 1.54) is 25.7 Å². The number of rotatable bonds is 10. The van der Waals surface area contributed by atoms with Crippen molar-refractivity contribution in [3.63, 3.8) is 0 Å². The Bertz CT molecular complexity index is 341. The third-order valence-electron chi connectivity index (χ3n) is 3.39. The van der Waals surface area contributed by atoms with E-state index in [0.717, 1.165) is 24.3 Å². The normalized spacial score (nSPS) is 13.1. The van der Waals surface area contributed by atoms with Gasteiger partial charge >= 0.3 is 8.60 Å². The Hall–Kier alpha value is -0.470. The van der Waals surface area contributed by atoms with Crippen LogP contribution in [-0.4, -0.2) is 9.79 Å². The van der Waals surface area contributed by atoms with Crippen LogP contribution >= 0.6 is 8.60 Å². The van der Waals surface area contributed by atoms with E-state index in [1.54, 1.807) is 0 Å². The number of hydrogen-bond acceptors (Lipinski definition) is 3. The summed E-state index contributed by atoms with van der Waals surface area (Å²) in [5, 5.41) is 0. The van der Waals surface area contributed by atoms with Gasteiger partial charge in [-0.25, -0.2) is 0 Å². The van der Waals surface area contributed by atoms with E-state index in [0.29, 0.717) is 0 Å². The fourth-order valence-electron chi connectivity index (χ4n) is 2.30. The minimum Gasteiger partial charge on any atom is -0.328 e. The molecule has 0 heterocycles. The van der Waals surface area contributed by atoms with Crippen LogP contribution in [0.1, 0.15) is 64.0 Å². The lowest BCUT2D eigenvalue weighted by Gasteiger charge is -2.18. The molecule has 3 nitrogen and oxygen atoms in total. The first-order valence-corrected chi connectivity index (χ1v) is 8.65. The Labute approximate surface area is 124 Å². The Morgan fingerprint density at radius 3 is 2.10 bits per heavy atom. The molecule has 0 aliphatic heterocycles. The zero-order valence-corrected chi connectivity index (χ0v) is 13.4. The molecule has 0 aliphatic rings. The predicted molar refractivity (Wildman–Crippen MR) is 84.2 cm³/mol. The summed E-state index contributed by atoms with van der Waals surface area (Å²) in [6.07, 6.45) is 6.67. The molecule has 1 rings (SSSR count). The van der Waals surface area contributed by atoms with E-state index in [2.05, 4.69) is 13.8 Å². The standard InChI is InChI=1S/C16H27O3P/c1-14(2)10-6-3-4-9-13-16(19-20(17)18)15-11-7-5-8-12-15/h5,7-8,11-12,14,16-18H,3-4,6,9-10,13H2,1-2H3. The molecule has 20 heavy (non-hydrogen) atoms. The highest BCUT2D eigenvalue weighted by Crippen LogP contribution is 2.37. The molecule has 0 bridgehead atoms. The molecule has 0 amide bonds. The van der Waals surface area contributed by atoms with Gasteiger partial charge in [0.25, 0.3) is 0 Å². The summed E-state index contributed by atoms with van der Waals surface area (Å²) in [7, 11) is -2.30. The first-order valence-electron chi connectivity index (χ1n) is 7.49. The molecular formula is C16H27O3P. The summed E-state index contributed by atoms with van der Waals surface area (Å²) < 4.78 is 5.26. The Morgan fingerprint density at radius 1 is 0.950 bits per heavy atom. The smallest absolute Gasteiger partial charge is 0.327 e. The van der Waals surface area contributed by atoms with Crippen molar-refractivity contribution >= 4 is 8.60 Å². The van der Waals surface area contributed by atoms with Gasteiger partial charge in [-0.2, -0.15) is 0 Å². The molecule has 0 saturated carbocycles. The first kappa shape index (κ1) is 17.6. The number of benzene rings is 1. The maximum Gasteiger partial charge on any atom is 0.327 e. The maximum atomic E-state index is 9.08. The minimum absolute atomic E-state index is 0.206. The molecule has 114 valence electrons. The Morgan fingerprint density at radius 2 is 1.55 bits per heavy atom. The molecule has 0 saturated heterocycles. The van der Waals surface area contributed by atoms with E-state index in [9.17, 15) is 0 Å². The zero-order valence-electron chi connectivity index (χ0n) is 12.5. The van der Waals surface area contributed by atoms with Crippen LogP contribution < -0.4 is 0 Å².